The van der Waals surface area contributed by atoms with Gasteiger partial charge in [-0.05, 0) is 24.1 Å². The number of sulfonamides is 1. The average molecular weight is 256 g/mol. The van der Waals surface area contributed by atoms with Gasteiger partial charge in [-0.25, -0.2) is 13.1 Å². The third-order valence-corrected chi connectivity index (χ3v) is 3.80. The van der Waals surface area contributed by atoms with E-state index in [1.807, 2.05) is 0 Å². The molecule has 0 atom stereocenters. The molecule has 0 spiro atoms. The molecule has 96 valence electrons. The lowest BCUT2D eigenvalue weighted by Crippen LogP contribution is -2.26. The first-order chi connectivity index (χ1) is 8.03. The highest BCUT2D eigenvalue weighted by atomic mass is 32.2. The quantitative estimate of drug-likeness (QED) is 0.578. The minimum absolute atomic E-state index is 0.0133. The van der Waals surface area contributed by atoms with Crippen LogP contribution in [0.2, 0.25) is 0 Å². The third kappa shape index (κ3) is 5.70. The molecule has 0 aromatic heterocycles. The van der Waals surface area contributed by atoms with Crippen LogP contribution in [0.3, 0.4) is 0 Å². The maximum Gasteiger partial charge on any atom is 0.215 e. The van der Waals surface area contributed by atoms with E-state index in [-0.39, 0.29) is 5.75 Å². The second-order valence-electron chi connectivity index (χ2n) is 4.10. The highest BCUT2D eigenvalue weighted by Crippen LogP contribution is 2.08. The topological polar surface area (TPSA) is 72.2 Å². The van der Waals surface area contributed by atoms with Gasteiger partial charge in [0.05, 0.1) is 5.75 Å². The normalized spacial score (nSPS) is 11.6. The van der Waals surface area contributed by atoms with Gasteiger partial charge < -0.3 is 5.73 Å². The second-order valence-corrected chi connectivity index (χ2v) is 5.91. The van der Waals surface area contributed by atoms with Crippen molar-refractivity contribution >= 4 is 15.7 Å². The van der Waals surface area contributed by atoms with Gasteiger partial charge in [0.2, 0.25) is 10.0 Å². The van der Waals surface area contributed by atoms with Gasteiger partial charge in [-0.1, -0.05) is 31.9 Å². The van der Waals surface area contributed by atoms with Gasteiger partial charge in [0.25, 0.3) is 0 Å². The lowest BCUT2D eigenvalue weighted by Gasteiger charge is -2.06. The molecule has 0 heterocycles. The summed E-state index contributed by atoms with van der Waals surface area (Å²) in [6.45, 7) is 2.61. The molecular weight excluding hydrogens is 236 g/mol. The fraction of sp³-hybridized carbons (Fsp3) is 0.500. The number of hydrogen-bond donors (Lipinski definition) is 2. The Kier molecular flexibility index (Phi) is 5.44. The SMILES string of the molecule is CCCCCNS(=O)(=O)Cc1ccc(N)cc1. The van der Waals surface area contributed by atoms with Crippen LogP contribution in [0.5, 0.6) is 0 Å². The molecule has 0 aliphatic heterocycles. The largest absolute Gasteiger partial charge is 0.399 e. The molecule has 0 saturated heterocycles. The van der Waals surface area contributed by atoms with E-state index in [1.54, 1.807) is 24.3 Å². The van der Waals surface area contributed by atoms with E-state index in [9.17, 15) is 8.42 Å². The summed E-state index contributed by atoms with van der Waals surface area (Å²) in [4.78, 5) is 0. The van der Waals surface area contributed by atoms with Crippen LogP contribution in [-0.2, 0) is 15.8 Å². The molecule has 1 aromatic rings. The molecule has 4 nitrogen and oxygen atoms in total. The maximum absolute atomic E-state index is 11.7. The monoisotopic (exact) mass is 256 g/mol. The van der Waals surface area contributed by atoms with Crippen LogP contribution in [-0.4, -0.2) is 15.0 Å². The summed E-state index contributed by atoms with van der Waals surface area (Å²) < 4.78 is 26.0. The number of anilines is 1. The molecule has 0 radical (unpaired) electrons. The van der Waals surface area contributed by atoms with E-state index < -0.39 is 10.0 Å². The van der Waals surface area contributed by atoms with Crippen molar-refractivity contribution in [3.8, 4) is 0 Å². The fourth-order valence-electron chi connectivity index (χ4n) is 1.49. The van der Waals surface area contributed by atoms with Crippen LogP contribution in [0.25, 0.3) is 0 Å². The Labute approximate surface area is 103 Å². The van der Waals surface area contributed by atoms with Gasteiger partial charge in [0, 0.05) is 12.2 Å². The first kappa shape index (κ1) is 14.0. The Balaban J connectivity index is 2.46. The van der Waals surface area contributed by atoms with E-state index >= 15 is 0 Å². The molecule has 3 N–H and O–H groups in total. The zero-order valence-corrected chi connectivity index (χ0v) is 11.0. The van der Waals surface area contributed by atoms with Gasteiger partial charge in [-0.3, -0.25) is 0 Å². The Hall–Kier alpha value is -1.07. The smallest absolute Gasteiger partial charge is 0.215 e. The van der Waals surface area contributed by atoms with Gasteiger partial charge >= 0.3 is 0 Å². The van der Waals surface area contributed by atoms with Crippen molar-refractivity contribution in [2.24, 2.45) is 0 Å². The molecule has 17 heavy (non-hydrogen) atoms. The van der Waals surface area contributed by atoms with Gasteiger partial charge in [-0.15, -0.1) is 0 Å². The molecule has 0 unspecified atom stereocenters. The molecule has 0 aliphatic rings. The van der Waals surface area contributed by atoms with E-state index in [2.05, 4.69) is 11.6 Å². The Morgan fingerprint density at radius 1 is 1.18 bits per heavy atom. The first-order valence-corrected chi connectivity index (χ1v) is 7.50. The molecule has 0 fully saturated rings. The van der Waals surface area contributed by atoms with E-state index in [1.165, 1.54) is 0 Å². The number of benzene rings is 1. The predicted octanol–water partition coefficient (Wildman–Crippen LogP) is 1.88. The Bertz CT molecular complexity index is 426. The maximum atomic E-state index is 11.7. The van der Waals surface area contributed by atoms with E-state index in [0.29, 0.717) is 12.2 Å². The summed E-state index contributed by atoms with van der Waals surface area (Å²) in [5.41, 5.74) is 6.93. The van der Waals surface area contributed by atoms with Gasteiger partial charge in [0.15, 0.2) is 0 Å². The van der Waals surface area contributed by atoms with Crippen molar-refractivity contribution in [3.63, 3.8) is 0 Å². The zero-order valence-electron chi connectivity index (χ0n) is 10.1. The molecule has 0 aliphatic carbocycles. The summed E-state index contributed by atoms with van der Waals surface area (Å²) in [7, 11) is -3.22. The first-order valence-electron chi connectivity index (χ1n) is 5.85. The van der Waals surface area contributed by atoms with Crippen molar-refractivity contribution in [2.45, 2.75) is 31.9 Å². The van der Waals surface area contributed by atoms with Crippen LogP contribution in [0, 0.1) is 0 Å². The van der Waals surface area contributed by atoms with Crippen molar-refractivity contribution in [3.05, 3.63) is 29.8 Å². The van der Waals surface area contributed by atoms with Crippen molar-refractivity contribution in [1.82, 2.24) is 4.72 Å². The van der Waals surface area contributed by atoms with Crippen LogP contribution < -0.4 is 10.5 Å². The number of nitrogens with one attached hydrogen (secondary N) is 1. The van der Waals surface area contributed by atoms with Gasteiger partial charge in [0.1, 0.15) is 0 Å². The molecule has 1 aromatic carbocycles. The predicted molar refractivity (Wildman–Crippen MR) is 71.0 cm³/mol. The zero-order chi connectivity index (χ0) is 12.7. The van der Waals surface area contributed by atoms with Gasteiger partial charge in [-0.2, -0.15) is 0 Å². The summed E-state index contributed by atoms with van der Waals surface area (Å²) in [6.07, 6.45) is 3.02. The number of nitrogen functional groups attached to an aromatic ring is 1. The molecule has 0 saturated carbocycles. The Morgan fingerprint density at radius 2 is 1.82 bits per heavy atom. The molecular formula is C12H20N2O2S. The summed E-state index contributed by atoms with van der Waals surface area (Å²) in [5, 5.41) is 0. The lowest BCUT2D eigenvalue weighted by atomic mass is 10.2. The summed E-state index contributed by atoms with van der Waals surface area (Å²) in [6, 6.07) is 6.89. The summed E-state index contributed by atoms with van der Waals surface area (Å²) in [5.74, 6) is 0.0133. The highest BCUT2D eigenvalue weighted by Gasteiger charge is 2.10. The van der Waals surface area contributed by atoms with Crippen molar-refractivity contribution in [2.75, 3.05) is 12.3 Å². The lowest BCUT2D eigenvalue weighted by molar-refractivity contribution is 0.575. The molecule has 1 rings (SSSR count). The Morgan fingerprint density at radius 3 is 2.41 bits per heavy atom. The number of rotatable bonds is 7. The van der Waals surface area contributed by atoms with Crippen LogP contribution in [0.15, 0.2) is 24.3 Å². The minimum Gasteiger partial charge on any atom is -0.399 e. The van der Waals surface area contributed by atoms with Crippen LogP contribution in [0.4, 0.5) is 5.69 Å². The van der Waals surface area contributed by atoms with Crippen LogP contribution >= 0.6 is 0 Å². The standard InChI is InChI=1S/C12H20N2O2S/c1-2-3-4-9-14-17(15,16)10-11-5-7-12(13)8-6-11/h5-8,14H,2-4,9-10,13H2,1H3. The van der Waals surface area contributed by atoms with Crippen LogP contribution in [0.1, 0.15) is 31.7 Å². The molecule has 0 amide bonds. The van der Waals surface area contributed by atoms with E-state index in [4.69, 9.17) is 5.73 Å². The highest BCUT2D eigenvalue weighted by molar-refractivity contribution is 7.88. The van der Waals surface area contributed by atoms with Crippen molar-refractivity contribution in [1.29, 1.82) is 0 Å². The minimum atomic E-state index is -3.22. The summed E-state index contributed by atoms with van der Waals surface area (Å²) >= 11 is 0. The number of nitrogens with two attached hydrogens (primary N) is 1. The fourth-order valence-corrected chi connectivity index (χ4v) is 2.68. The van der Waals surface area contributed by atoms with E-state index in [0.717, 1.165) is 24.8 Å². The van der Waals surface area contributed by atoms with Crippen molar-refractivity contribution < 1.29 is 8.42 Å². The third-order valence-electron chi connectivity index (χ3n) is 2.44. The molecule has 5 heteroatoms. The number of hydrogen-bond acceptors (Lipinski definition) is 3. The average Bonchev–Trinajstić information content (AvgIpc) is 2.27. The number of unbranched alkanes of at least 4 members (excludes halogenated alkanes) is 2. The molecule has 0 bridgehead atoms. The second kappa shape index (κ2) is 6.61.